The van der Waals surface area contributed by atoms with Gasteiger partial charge in [-0.3, -0.25) is 4.79 Å². The fourth-order valence-electron chi connectivity index (χ4n) is 2.48. The average molecular weight is 278 g/mol. The Morgan fingerprint density at radius 2 is 2.30 bits per heavy atom. The molecule has 1 amide bonds. The highest BCUT2D eigenvalue weighted by atomic mass is 16.3. The molecule has 1 aliphatic rings. The van der Waals surface area contributed by atoms with Gasteiger partial charge in [-0.2, -0.15) is 0 Å². The number of hydrogen-bond donors (Lipinski definition) is 2. The van der Waals surface area contributed by atoms with Crippen molar-refractivity contribution in [2.45, 2.75) is 32.7 Å². The molecule has 1 aromatic rings. The molecule has 0 radical (unpaired) electrons. The maximum atomic E-state index is 12.4. The Balaban J connectivity index is 2.05. The Morgan fingerprint density at radius 1 is 1.50 bits per heavy atom. The number of anilines is 1. The molecule has 1 aliphatic heterocycles. The van der Waals surface area contributed by atoms with Crippen molar-refractivity contribution < 1.29 is 9.90 Å². The molecule has 6 nitrogen and oxygen atoms in total. The molecule has 0 aromatic carbocycles. The summed E-state index contributed by atoms with van der Waals surface area (Å²) in [6, 6.07) is 3.34. The summed E-state index contributed by atoms with van der Waals surface area (Å²) in [6.45, 7) is 5.62. The SMILES string of the molecule is CCCNc1ccc(C(=O)N2CCC(C)C2CO)nn1. The van der Waals surface area contributed by atoms with Crippen molar-refractivity contribution in [2.24, 2.45) is 5.92 Å². The molecule has 0 saturated carbocycles. The number of likely N-dealkylation sites (tertiary alicyclic amines) is 1. The van der Waals surface area contributed by atoms with E-state index in [1.54, 1.807) is 17.0 Å². The molecule has 2 heterocycles. The monoisotopic (exact) mass is 278 g/mol. The molecule has 1 aromatic heterocycles. The first-order valence-corrected chi connectivity index (χ1v) is 7.16. The number of aliphatic hydroxyl groups is 1. The summed E-state index contributed by atoms with van der Waals surface area (Å²) in [5.74, 6) is 0.849. The third-order valence-electron chi connectivity index (χ3n) is 3.77. The van der Waals surface area contributed by atoms with Gasteiger partial charge in [0, 0.05) is 13.1 Å². The Bertz CT molecular complexity index is 449. The lowest BCUT2D eigenvalue weighted by Gasteiger charge is -2.24. The predicted octanol–water partition coefficient (Wildman–Crippen LogP) is 1.14. The number of rotatable bonds is 5. The van der Waals surface area contributed by atoms with Crippen LogP contribution in [0.3, 0.4) is 0 Å². The van der Waals surface area contributed by atoms with Crippen LogP contribution in [0.5, 0.6) is 0 Å². The van der Waals surface area contributed by atoms with Crippen LogP contribution in [0.2, 0.25) is 0 Å². The molecule has 2 unspecified atom stereocenters. The van der Waals surface area contributed by atoms with E-state index < -0.39 is 0 Å². The zero-order valence-corrected chi connectivity index (χ0v) is 12.0. The van der Waals surface area contributed by atoms with Crippen LogP contribution in [0, 0.1) is 5.92 Å². The van der Waals surface area contributed by atoms with Crippen LogP contribution in [-0.2, 0) is 0 Å². The lowest BCUT2D eigenvalue weighted by atomic mass is 10.0. The molecule has 0 bridgehead atoms. The molecule has 0 spiro atoms. The van der Waals surface area contributed by atoms with Crippen molar-refractivity contribution in [3.8, 4) is 0 Å². The van der Waals surface area contributed by atoms with Crippen molar-refractivity contribution in [1.82, 2.24) is 15.1 Å². The second-order valence-corrected chi connectivity index (χ2v) is 5.25. The van der Waals surface area contributed by atoms with E-state index in [0.29, 0.717) is 24.0 Å². The van der Waals surface area contributed by atoms with Gasteiger partial charge in [-0.15, -0.1) is 10.2 Å². The smallest absolute Gasteiger partial charge is 0.274 e. The number of carbonyl (C=O) groups excluding carboxylic acids is 1. The van der Waals surface area contributed by atoms with E-state index in [0.717, 1.165) is 19.4 Å². The third-order valence-corrected chi connectivity index (χ3v) is 3.77. The average Bonchev–Trinajstić information content (AvgIpc) is 2.85. The predicted molar refractivity (Wildman–Crippen MR) is 76.5 cm³/mol. The molecular weight excluding hydrogens is 256 g/mol. The molecule has 2 N–H and O–H groups in total. The van der Waals surface area contributed by atoms with Crippen molar-refractivity contribution in [3.63, 3.8) is 0 Å². The fourth-order valence-corrected chi connectivity index (χ4v) is 2.48. The van der Waals surface area contributed by atoms with Gasteiger partial charge in [-0.1, -0.05) is 13.8 Å². The summed E-state index contributed by atoms with van der Waals surface area (Å²) in [6.07, 6.45) is 1.92. The quantitative estimate of drug-likeness (QED) is 0.844. The van der Waals surface area contributed by atoms with Crippen molar-refractivity contribution in [3.05, 3.63) is 17.8 Å². The van der Waals surface area contributed by atoms with Gasteiger partial charge in [0.1, 0.15) is 5.82 Å². The first kappa shape index (κ1) is 14.7. The van der Waals surface area contributed by atoms with Crippen LogP contribution >= 0.6 is 0 Å². The second-order valence-electron chi connectivity index (χ2n) is 5.25. The first-order valence-electron chi connectivity index (χ1n) is 7.16. The van der Waals surface area contributed by atoms with Crippen LogP contribution in [0.25, 0.3) is 0 Å². The van der Waals surface area contributed by atoms with Gasteiger partial charge < -0.3 is 15.3 Å². The topological polar surface area (TPSA) is 78.4 Å². The van der Waals surface area contributed by atoms with Crippen LogP contribution in [-0.4, -0.2) is 51.8 Å². The second kappa shape index (κ2) is 6.65. The van der Waals surface area contributed by atoms with E-state index in [1.807, 2.05) is 0 Å². The van der Waals surface area contributed by atoms with Gasteiger partial charge in [0.2, 0.25) is 0 Å². The summed E-state index contributed by atoms with van der Waals surface area (Å²) >= 11 is 0. The summed E-state index contributed by atoms with van der Waals surface area (Å²) in [5, 5.41) is 20.5. The third kappa shape index (κ3) is 3.07. The highest BCUT2D eigenvalue weighted by Gasteiger charge is 2.34. The molecule has 1 saturated heterocycles. The summed E-state index contributed by atoms with van der Waals surface area (Å²) in [5.41, 5.74) is 0.333. The lowest BCUT2D eigenvalue weighted by molar-refractivity contribution is 0.0641. The number of hydrogen-bond acceptors (Lipinski definition) is 5. The normalized spacial score (nSPS) is 22.1. The molecule has 20 heavy (non-hydrogen) atoms. The number of nitrogens with zero attached hydrogens (tertiary/aromatic N) is 3. The van der Waals surface area contributed by atoms with E-state index >= 15 is 0 Å². The van der Waals surface area contributed by atoms with Crippen molar-refractivity contribution in [1.29, 1.82) is 0 Å². The number of aromatic nitrogens is 2. The minimum Gasteiger partial charge on any atom is -0.394 e. The molecule has 0 aliphatic carbocycles. The van der Waals surface area contributed by atoms with Gasteiger partial charge in [0.05, 0.1) is 12.6 Å². The molecule has 2 rings (SSSR count). The summed E-state index contributed by atoms with van der Waals surface area (Å²) < 4.78 is 0. The molecule has 6 heteroatoms. The van der Waals surface area contributed by atoms with Crippen LogP contribution in [0.15, 0.2) is 12.1 Å². The van der Waals surface area contributed by atoms with E-state index in [9.17, 15) is 9.90 Å². The summed E-state index contributed by atoms with van der Waals surface area (Å²) in [7, 11) is 0. The summed E-state index contributed by atoms with van der Waals surface area (Å²) in [4.78, 5) is 14.1. The van der Waals surface area contributed by atoms with Crippen LogP contribution in [0.1, 0.15) is 37.2 Å². The van der Waals surface area contributed by atoms with Gasteiger partial charge in [-0.05, 0) is 30.9 Å². The molecule has 110 valence electrons. The Hall–Kier alpha value is -1.69. The van der Waals surface area contributed by atoms with E-state index in [-0.39, 0.29) is 18.6 Å². The Kier molecular flexibility index (Phi) is 4.89. The van der Waals surface area contributed by atoms with Gasteiger partial charge in [0.15, 0.2) is 5.69 Å². The van der Waals surface area contributed by atoms with Crippen molar-refractivity contribution in [2.75, 3.05) is 25.0 Å². The molecular formula is C14H22N4O2. The minimum absolute atomic E-state index is 0.00350. The zero-order valence-electron chi connectivity index (χ0n) is 12.0. The Labute approximate surface area is 119 Å². The molecule has 2 atom stereocenters. The maximum Gasteiger partial charge on any atom is 0.274 e. The van der Waals surface area contributed by atoms with E-state index in [4.69, 9.17) is 0 Å². The van der Waals surface area contributed by atoms with Gasteiger partial charge in [-0.25, -0.2) is 0 Å². The largest absolute Gasteiger partial charge is 0.394 e. The number of carbonyl (C=O) groups is 1. The van der Waals surface area contributed by atoms with Crippen LogP contribution in [0.4, 0.5) is 5.82 Å². The zero-order chi connectivity index (χ0) is 14.5. The van der Waals surface area contributed by atoms with Crippen molar-refractivity contribution >= 4 is 11.7 Å². The standard InChI is InChI=1S/C14H22N4O2/c1-3-7-15-13-5-4-11(16-17-13)14(20)18-8-6-10(2)12(18)9-19/h4-5,10,12,19H,3,6-9H2,1-2H3,(H,15,17). The van der Waals surface area contributed by atoms with Gasteiger partial charge in [0.25, 0.3) is 5.91 Å². The van der Waals surface area contributed by atoms with E-state index in [1.165, 1.54) is 0 Å². The highest BCUT2D eigenvalue weighted by Crippen LogP contribution is 2.24. The molecule has 1 fully saturated rings. The maximum absolute atomic E-state index is 12.4. The highest BCUT2D eigenvalue weighted by molar-refractivity contribution is 5.92. The Morgan fingerprint density at radius 3 is 2.90 bits per heavy atom. The number of amides is 1. The van der Waals surface area contributed by atoms with E-state index in [2.05, 4.69) is 29.4 Å². The minimum atomic E-state index is -0.150. The number of aliphatic hydroxyl groups excluding tert-OH is 1. The first-order chi connectivity index (χ1) is 9.67. The van der Waals surface area contributed by atoms with Crippen LogP contribution < -0.4 is 5.32 Å². The lowest BCUT2D eigenvalue weighted by Crippen LogP contribution is -2.40. The van der Waals surface area contributed by atoms with Gasteiger partial charge >= 0.3 is 0 Å². The number of nitrogens with one attached hydrogen (secondary N) is 1. The fraction of sp³-hybridized carbons (Fsp3) is 0.643.